The van der Waals surface area contributed by atoms with Crippen LogP contribution in [0.15, 0.2) is 24.3 Å². The topological polar surface area (TPSA) is 35.5 Å². The minimum absolute atomic E-state index is 0.0366. The zero-order valence-corrected chi connectivity index (χ0v) is 14.4. The Kier molecular flexibility index (Phi) is 6.03. The molecule has 23 heavy (non-hydrogen) atoms. The molecular formula is C19H27FO3. The first-order valence-electron chi connectivity index (χ1n) is 8.49. The molecule has 0 bridgehead atoms. The normalized spacial score (nSPS) is 25.9. The Morgan fingerprint density at radius 2 is 1.83 bits per heavy atom. The highest BCUT2D eigenvalue weighted by atomic mass is 19.1. The van der Waals surface area contributed by atoms with Crippen LogP contribution in [0.2, 0.25) is 0 Å². The van der Waals surface area contributed by atoms with Crippen molar-refractivity contribution in [2.24, 2.45) is 17.8 Å². The molecular weight excluding hydrogens is 295 g/mol. The van der Waals surface area contributed by atoms with E-state index in [1.54, 1.807) is 6.92 Å². The standard InChI is InChI=1S/C19H27FO3/c1-12(2)17-10-5-13(3)11-18(17)23-19(21)14(4)22-16-8-6-15(20)7-9-16/h6-9,12-14,17-18H,5,10-11H2,1-4H3/t13-,14-,17+,18+/m1/s1. The third-order valence-electron chi connectivity index (χ3n) is 4.69. The van der Waals surface area contributed by atoms with E-state index in [-0.39, 0.29) is 17.9 Å². The van der Waals surface area contributed by atoms with Crippen molar-refractivity contribution in [2.45, 2.75) is 59.2 Å². The zero-order chi connectivity index (χ0) is 17.0. The highest BCUT2D eigenvalue weighted by molar-refractivity contribution is 5.74. The van der Waals surface area contributed by atoms with Gasteiger partial charge in [-0.05, 0) is 61.8 Å². The molecule has 0 aromatic heterocycles. The van der Waals surface area contributed by atoms with Gasteiger partial charge in [-0.1, -0.05) is 27.2 Å². The van der Waals surface area contributed by atoms with Crippen LogP contribution in [0.25, 0.3) is 0 Å². The van der Waals surface area contributed by atoms with Gasteiger partial charge in [0.15, 0.2) is 6.10 Å². The Hall–Kier alpha value is -1.58. The Bertz CT molecular complexity index is 512. The third kappa shape index (κ3) is 4.95. The first kappa shape index (κ1) is 17.8. The number of esters is 1. The molecule has 0 radical (unpaired) electrons. The van der Waals surface area contributed by atoms with Gasteiger partial charge < -0.3 is 9.47 Å². The highest BCUT2D eigenvalue weighted by Crippen LogP contribution is 2.35. The molecule has 4 heteroatoms. The smallest absolute Gasteiger partial charge is 0.347 e. The van der Waals surface area contributed by atoms with Gasteiger partial charge in [-0.2, -0.15) is 0 Å². The SMILES string of the molecule is CC(C)[C@@H]1CC[C@@H](C)C[C@@H]1OC(=O)[C@@H](C)Oc1ccc(F)cc1. The van der Waals surface area contributed by atoms with E-state index in [9.17, 15) is 9.18 Å². The first-order chi connectivity index (χ1) is 10.9. The number of hydrogen-bond acceptors (Lipinski definition) is 3. The van der Waals surface area contributed by atoms with Crippen LogP contribution in [0.4, 0.5) is 4.39 Å². The van der Waals surface area contributed by atoms with Crippen LogP contribution in [0.1, 0.15) is 47.0 Å². The highest BCUT2D eigenvalue weighted by Gasteiger charge is 2.34. The van der Waals surface area contributed by atoms with E-state index in [1.165, 1.54) is 30.7 Å². The van der Waals surface area contributed by atoms with Crippen LogP contribution >= 0.6 is 0 Å². The van der Waals surface area contributed by atoms with E-state index < -0.39 is 6.10 Å². The summed E-state index contributed by atoms with van der Waals surface area (Å²) >= 11 is 0. The molecule has 1 fully saturated rings. The summed E-state index contributed by atoms with van der Waals surface area (Å²) in [5, 5.41) is 0. The molecule has 0 spiro atoms. The van der Waals surface area contributed by atoms with Gasteiger partial charge in [0.1, 0.15) is 17.7 Å². The number of halogens is 1. The van der Waals surface area contributed by atoms with Crippen molar-refractivity contribution in [2.75, 3.05) is 0 Å². The van der Waals surface area contributed by atoms with Gasteiger partial charge in [-0.15, -0.1) is 0 Å². The zero-order valence-electron chi connectivity index (χ0n) is 14.4. The number of benzene rings is 1. The van der Waals surface area contributed by atoms with Crippen LogP contribution < -0.4 is 4.74 Å². The van der Waals surface area contributed by atoms with Crippen molar-refractivity contribution in [1.29, 1.82) is 0 Å². The van der Waals surface area contributed by atoms with Crippen molar-refractivity contribution in [3.63, 3.8) is 0 Å². The maximum Gasteiger partial charge on any atom is 0.347 e. The van der Waals surface area contributed by atoms with E-state index in [0.29, 0.717) is 23.5 Å². The number of carbonyl (C=O) groups is 1. The molecule has 4 atom stereocenters. The minimum Gasteiger partial charge on any atom is -0.479 e. The molecule has 1 aromatic rings. The molecule has 1 aliphatic rings. The Morgan fingerprint density at radius 3 is 2.43 bits per heavy atom. The second-order valence-corrected chi connectivity index (χ2v) is 7.02. The van der Waals surface area contributed by atoms with E-state index in [0.717, 1.165) is 12.8 Å². The predicted octanol–water partition coefficient (Wildman–Crippen LogP) is 4.60. The first-order valence-corrected chi connectivity index (χ1v) is 8.49. The van der Waals surface area contributed by atoms with Gasteiger partial charge >= 0.3 is 5.97 Å². The average molecular weight is 322 g/mol. The maximum atomic E-state index is 12.9. The summed E-state index contributed by atoms with van der Waals surface area (Å²) in [5.74, 6) is 1.27. The number of carbonyl (C=O) groups excluding carboxylic acids is 1. The Morgan fingerprint density at radius 1 is 1.17 bits per heavy atom. The quantitative estimate of drug-likeness (QED) is 0.743. The monoisotopic (exact) mass is 322 g/mol. The summed E-state index contributed by atoms with van der Waals surface area (Å²) in [5.41, 5.74) is 0. The lowest BCUT2D eigenvalue weighted by atomic mass is 9.75. The fourth-order valence-corrected chi connectivity index (χ4v) is 3.26. The molecule has 1 aliphatic carbocycles. The van der Waals surface area contributed by atoms with Crippen LogP contribution in [-0.2, 0) is 9.53 Å². The molecule has 1 aromatic carbocycles. The minimum atomic E-state index is -0.703. The van der Waals surface area contributed by atoms with Crippen molar-refractivity contribution in [1.82, 2.24) is 0 Å². The second-order valence-electron chi connectivity index (χ2n) is 7.02. The second kappa shape index (κ2) is 7.80. The molecule has 3 nitrogen and oxygen atoms in total. The summed E-state index contributed by atoms with van der Waals surface area (Å²) in [7, 11) is 0. The average Bonchev–Trinajstić information content (AvgIpc) is 2.49. The van der Waals surface area contributed by atoms with E-state index >= 15 is 0 Å². The van der Waals surface area contributed by atoms with Gasteiger partial charge in [-0.25, -0.2) is 9.18 Å². The molecule has 0 aliphatic heterocycles. The van der Waals surface area contributed by atoms with E-state index in [2.05, 4.69) is 20.8 Å². The maximum absolute atomic E-state index is 12.9. The largest absolute Gasteiger partial charge is 0.479 e. The Balaban J connectivity index is 1.94. The number of hydrogen-bond donors (Lipinski definition) is 0. The number of rotatable bonds is 5. The van der Waals surface area contributed by atoms with Crippen molar-refractivity contribution in [3.05, 3.63) is 30.1 Å². The molecule has 0 unspecified atom stereocenters. The van der Waals surface area contributed by atoms with Crippen molar-refractivity contribution < 1.29 is 18.7 Å². The lowest BCUT2D eigenvalue weighted by Gasteiger charge is -2.37. The number of ether oxygens (including phenoxy) is 2. The molecule has 1 saturated carbocycles. The summed E-state index contributed by atoms with van der Waals surface area (Å²) < 4.78 is 24.2. The third-order valence-corrected chi connectivity index (χ3v) is 4.69. The fourth-order valence-electron chi connectivity index (χ4n) is 3.26. The Labute approximate surface area is 138 Å². The van der Waals surface area contributed by atoms with Crippen LogP contribution in [0.5, 0.6) is 5.75 Å². The summed E-state index contributed by atoms with van der Waals surface area (Å²) in [4.78, 5) is 12.3. The lowest BCUT2D eigenvalue weighted by molar-refractivity contribution is -0.163. The molecule has 2 rings (SSSR count). The van der Waals surface area contributed by atoms with Gasteiger partial charge in [0.2, 0.25) is 0 Å². The van der Waals surface area contributed by atoms with Gasteiger partial charge in [-0.3, -0.25) is 0 Å². The van der Waals surface area contributed by atoms with Gasteiger partial charge in [0, 0.05) is 0 Å². The van der Waals surface area contributed by atoms with Crippen LogP contribution in [0.3, 0.4) is 0 Å². The summed E-state index contributed by atoms with van der Waals surface area (Å²) in [6, 6.07) is 5.65. The van der Waals surface area contributed by atoms with Crippen molar-refractivity contribution >= 4 is 5.97 Å². The summed E-state index contributed by atoms with van der Waals surface area (Å²) in [6.07, 6.45) is 2.47. The lowest BCUT2D eigenvalue weighted by Crippen LogP contribution is -2.39. The summed E-state index contributed by atoms with van der Waals surface area (Å²) in [6.45, 7) is 8.23. The predicted molar refractivity (Wildman–Crippen MR) is 87.7 cm³/mol. The van der Waals surface area contributed by atoms with Gasteiger partial charge in [0.25, 0.3) is 0 Å². The van der Waals surface area contributed by atoms with Crippen LogP contribution in [0, 0.1) is 23.6 Å². The molecule has 0 N–H and O–H groups in total. The molecule has 0 heterocycles. The van der Waals surface area contributed by atoms with Crippen molar-refractivity contribution in [3.8, 4) is 5.75 Å². The molecule has 128 valence electrons. The van der Waals surface area contributed by atoms with Crippen LogP contribution in [-0.4, -0.2) is 18.2 Å². The molecule has 0 saturated heterocycles. The van der Waals surface area contributed by atoms with Gasteiger partial charge in [0.05, 0.1) is 0 Å². The van der Waals surface area contributed by atoms with E-state index in [4.69, 9.17) is 9.47 Å². The van der Waals surface area contributed by atoms with E-state index in [1.807, 2.05) is 0 Å². The molecule has 0 amide bonds. The fraction of sp³-hybridized carbons (Fsp3) is 0.632.